The lowest BCUT2D eigenvalue weighted by Crippen LogP contribution is -2.22. The van der Waals surface area contributed by atoms with Gasteiger partial charge in [0.15, 0.2) is 0 Å². The molecule has 24 heavy (non-hydrogen) atoms. The van der Waals surface area contributed by atoms with E-state index in [0.717, 1.165) is 35.7 Å². The lowest BCUT2D eigenvalue weighted by molar-refractivity contribution is 0.340. The van der Waals surface area contributed by atoms with Crippen molar-refractivity contribution in [2.75, 3.05) is 24.6 Å². The van der Waals surface area contributed by atoms with Crippen LogP contribution in [0.15, 0.2) is 42.5 Å². The van der Waals surface area contributed by atoms with Crippen molar-refractivity contribution in [1.29, 1.82) is 0 Å². The number of halogens is 1. The maximum atomic E-state index is 14.3. The van der Waals surface area contributed by atoms with Crippen LogP contribution in [0, 0.1) is 5.82 Å². The molecule has 1 aliphatic rings. The van der Waals surface area contributed by atoms with E-state index in [-0.39, 0.29) is 5.82 Å². The SMILES string of the molecule is CCOc1cccc(CNCc2c(F)cccc2N2CCCC2)c1. The summed E-state index contributed by atoms with van der Waals surface area (Å²) in [7, 11) is 0. The summed E-state index contributed by atoms with van der Waals surface area (Å²) in [6.07, 6.45) is 2.38. The van der Waals surface area contributed by atoms with E-state index >= 15 is 0 Å². The van der Waals surface area contributed by atoms with Gasteiger partial charge in [0.2, 0.25) is 0 Å². The first-order valence-corrected chi connectivity index (χ1v) is 8.72. The van der Waals surface area contributed by atoms with Gasteiger partial charge in [0.25, 0.3) is 0 Å². The Kier molecular flexibility index (Phi) is 5.70. The highest BCUT2D eigenvalue weighted by Gasteiger charge is 2.17. The summed E-state index contributed by atoms with van der Waals surface area (Å²) in [4.78, 5) is 2.29. The van der Waals surface area contributed by atoms with Crippen molar-refractivity contribution in [3.63, 3.8) is 0 Å². The number of hydrogen-bond acceptors (Lipinski definition) is 3. The van der Waals surface area contributed by atoms with Crippen molar-refractivity contribution in [3.05, 3.63) is 59.4 Å². The molecule has 2 aromatic carbocycles. The van der Waals surface area contributed by atoms with Gasteiger partial charge in [-0.05, 0) is 49.6 Å². The lowest BCUT2D eigenvalue weighted by Gasteiger charge is -2.22. The molecule has 1 aliphatic heterocycles. The number of nitrogens with zero attached hydrogens (tertiary/aromatic N) is 1. The third kappa shape index (κ3) is 4.06. The first-order valence-electron chi connectivity index (χ1n) is 8.72. The highest BCUT2D eigenvalue weighted by Crippen LogP contribution is 2.26. The fourth-order valence-corrected chi connectivity index (χ4v) is 3.22. The Balaban J connectivity index is 1.65. The topological polar surface area (TPSA) is 24.5 Å². The first-order chi connectivity index (χ1) is 11.8. The third-order valence-corrected chi connectivity index (χ3v) is 4.38. The summed E-state index contributed by atoms with van der Waals surface area (Å²) >= 11 is 0. The van der Waals surface area contributed by atoms with Crippen molar-refractivity contribution in [1.82, 2.24) is 5.32 Å². The fraction of sp³-hybridized carbons (Fsp3) is 0.400. The number of anilines is 1. The Labute approximate surface area is 143 Å². The lowest BCUT2D eigenvalue weighted by atomic mass is 10.1. The molecule has 3 rings (SSSR count). The van der Waals surface area contributed by atoms with Gasteiger partial charge in [-0.1, -0.05) is 18.2 Å². The van der Waals surface area contributed by atoms with E-state index < -0.39 is 0 Å². The zero-order valence-corrected chi connectivity index (χ0v) is 14.2. The molecule has 1 fully saturated rings. The molecular weight excluding hydrogens is 303 g/mol. The summed E-state index contributed by atoms with van der Waals surface area (Å²) in [5, 5.41) is 3.37. The average molecular weight is 328 g/mol. The minimum Gasteiger partial charge on any atom is -0.494 e. The molecule has 0 bridgehead atoms. The molecule has 0 aliphatic carbocycles. The summed E-state index contributed by atoms with van der Waals surface area (Å²) in [5.41, 5.74) is 2.93. The summed E-state index contributed by atoms with van der Waals surface area (Å²) < 4.78 is 19.8. The van der Waals surface area contributed by atoms with E-state index in [0.29, 0.717) is 19.7 Å². The first kappa shape index (κ1) is 16.8. The maximum Gasteiger partial charge on any atom is 0.129 e. The minimum absolute atomic E-state index is 0.130. The predicted molar refractivity (Wildman–Crippen MR) is 96.0 cm³/mol. The molecule has 0 unspecified atom stereocenters. The number of nitrogens with one attached hydrogen (secondary N) is 1. The van der Waals surface area contributed by atoms with Gasteiger partial charge < -0.3 is 15.0 Å². The molecule has 2 aromatic rings. The van der Waals surface area contributed by atoms with Crippen LogP contribution in [0.5, 0.6) is 5.75 Å². The number of ether oxygens (including phenoxy) is 1. The maximum absolute atomic E-state index is 14.3. The van der Waals surface area contributed by atoms with Crippen molar-refractivity contribution in [3.8, 4) is 5.75 Å². The fourth-order valence-electron chi connectivity index (χ4n) is 3.22. The Morgan fingerprint density at radius 3 is 2.67 bits per heavy atom. The largest absolute Gasteiger partial charge is 0.494 e. The van der Waals surface area contributed by atoms with Gasteiger partial charge in [0.05, 0.1) is 6.61 Å². The molecule has 0 saturated carbocycles. The normalized spacial score (nSPS) is 14.2. The smallest absolute Gasteiger partial charge is 0.129 e. The number of benzene rings is 2. The zero-order valence-electron chi connectivity index (χ0n) is 14.2. The minimum atomic E-state index is -0.130. The second-order valence-corrected chi connectivity index (χ2v) is 6.12. The van der Waals surface area contributed by atoms with Gasteiger partial charge in [-0.2, -0.15) is 0 Å². The Hall–Kier alpha value is -2.07. The summed E-state index contributed by atoms with van der Waals surface area (Å²) in [5.74, 6) is 0.746. The van der Waals surface area contributed by atoms with Gasteiger partial charge in [-0.15, -0.1) is 0 Å². The van der Waals surface area contributed by atoms with Crippen LogP contribution < -0.4 is 15.0 Å². The van der Waals surface area contributed by atoms with Gasteiger partial charge in [0, 0.05) is 37.4 Å². The van der Waals surface area contributed by atoms with Gasteiger partial charge >= 0.3 is 0 Å². The van der Waals surface area contributed by atoms with E-state index in [1.807, 2.05) is 31.2 Å². The highest BCUT2D eigenvalue weighted by atomic mass is 19.1. The number of hydrogen-bond donors (Lipinski definition) is 1. The van der Waals surface area contributed by atoms with Crippen LogP contribution in [0.2, 0.25) is 0 Å². The van der Waals surface area contributed by atoms with Gasteiger partial charge in [-0.25, -0.2) is 4.39 Å². The van der Waals surface area contributed by atoms with E-state index in [4.69, 9.17) is 4.74 Å². The van der Waals surface area contributed by atoms with E-state index in [9.17, 15) is 4.39 Å². The second kappa shape index (κ2) is 8.15. The Morgan fingerprint density at radius 2 is 1.88 bits per heavy atom. The van der Waals surface area contributed by atoms with Crippen LogP contribution in [-0.4, -0.2) is 19.7 Å². The van der Waals surface area contributed by atoms with Gasteiger partial charge in [-0.3, -0.25) is 0 Å². The van der Waals surface area contributed by atoms with Crippen LogP contribution in [0.4, 0.5) is 10.1 Å². The molecule has 0 atom stereocenters. The highest BCUT2D eigenvalue weighted by molar-refractivity contribution is 5.54. The summed E-state index contributed by atoms with van der Waals surface area (Å²) in [6.45, 7) is 5.89. The van der Waals surface area contributed by atoms with Crippen LogP contribution in [0.25, 0.3) is 0 Å². The third-order valence-electron chi connectivity index (χ3n) is 4.38. The molecule has 0 amide bonds. The van der Waals surface area contributed by atoms with Crippen molar-refractivity contribution in [2.45, 2.75) is 32.9 Å². The average Bonchev–Trinajstić information content (AvgIpc) is 3.11. The molecule has 0 radical (unpaired) electrons. The van der Waals surface area contributed by atoms with Crippen LogP contribution in [0.1, 0.15) is 30.9 Å². The van der Waals surface area contributed by atoms with Crippen molar-refractivity contribution < 1.29 is 9.13 Å². The van der Waals surface area contributed by atoms with Crippen molar-refractivity contribution >= 4 is 5.69 Å². The molecule has 4 heteroatoms. The molecule has 0 aromatic heterocycles. The molecule has 1 heterocycles. The zero-order chi connectivity index (χ0) is 16.8. The molecule has 128 valence electrons. The second-order valence-electron chi connectivity index (χ2n) is 6.12. The van der Waals surface area contributed by atoms with Crippen LogP contribution >= 0.6 is 0 Å². The van der Waals surface area contributed by atoms with E-state index in [1.54, 1.807) is 12.1 Å². The Morgan fingerprint density at radius 1 is 1.08 bits per heavy atom. The van der Waals surface area contributed by atoms with E-state index in [2.05, 4.69) is 16.3 Å². The molecule has 0 spiro atoms. The van der Waals surface area contributed by atoms with Crippen LogP contribution in [-0.2, 0) is 13.1 Å². The Bertz CT molecular complexity index is 668. The number of rotatable bonds is 7. The van der Waals surface area contributed by atoms with Crippen LogP contribution in [0.3, 0.4) is 0 Å². The molecule has 3 nitrogen and oxygen atoms in total. The van der Waals surface area contributed by atoms with E-state index in [1.165, 1.54) is 12.8 Å². The van der Waals surface area contributed by atoms with Crippen molar-refractivity contribution in [2.24, 2.45) is 0 Å². The summed E-state index contributed by atoms with van der Waals surface area (Å²) in [6, 6.07) is 13.4. The predicted octanol–water partition coefficient (Wildman–Crippen LogP) is 4.11. The monoisotopic (exact) mass is 328 g/mol. The molecular formula is C20H25FN2O. The quantitative estimate of drug-likeness (QED) is 0.827. The standard InChI is InChI=1S/C20H25FN2O/c1-2-24-17-8-5-7-16(13-17)14-22-15-18-19(21)9-6-10-20(18)23-11-3-4-12-23/h5-10,13,22H,2-4,11-12,14-15H2,1H3. The van der Waals surface area contributed by atoms with Gasteiger partial charge in [0.1, 0.15) is 11.6 Å². The molecule has 1 N–H and O–H groups in total. The molecule has 1 saturated heterocycles.